The van der Waals surface area contributed by atoms with Crippen molar-refractivity contribution in [3.8, 4) is 0 Å². The van der Waals surface area contributed by atoms with E-state index in [0.29, 0.717) is 18.5 Å². The van der Waals surface area contributed by atoms with E-state index in [9.17, 15) is 9.90 Å². The Hall–Kier alpha value is -2.31. The highest BCUT2D eigenvalue weighted by atomic mass is 32.1. The average molecular weight is 353 g/mol. The van der Waals surface area contributed by atoms with Gasteiger partial charge < -0.3 is 10.4 Å². The van der Waals surface area contributed by atoms with E-state index in [1.807, 2.05) is 37.4 Å². The number of aromatic nitrogens is 2. The van der Waals surface area contributed by atoms with Crippen molar-refractivity contribution in [3.63, 3.8) is 0 Å². The Morgan fingerprint density at radius 2 is 2.16 bits per heavy atom. The fourth-order valence-electron chi connectivity index (χ4n) is 3.32. The number of hydrogen-bond acceptors (Lipinski definition) is 5. The summed E-state index contributed by atoms with van der Waals surface area (Å²) in [5.74, 6) is 0.0329. The number of fused-ring (bicyclic) bond motifs is 1. The number of hydrogen-bond donors (Lipinski definition) is 2. The molecule has 5 nitrogen and oxygen atoms in total. The van der Waals surface area contributed by atoms with Gasteiger partial charge in [-0.05, 0) is 43.4 Å². The molecule has 0 saturated heterocycles. The lowest BCUT2D eigenvalue weighted by molar-refractivity contribution is 0.0234. The number of benzene rings is 1. The van der Waals surface area contributed by atoms with Gasteiger partial charge in [0.1, 0.15) is 5.69 Å². The fourth-order valence-corrected chi connectivity index (χ4v) is 3.91. The number of pyridine rings is 1. The lowest BCUT2D eigenvalue weighted by atomic mass is 9.75. The van der Waals surface area contributed by atoms with Crippen LogP contribution >= 0.6 is 11.3 Å². The van der Waals surface area contributed by atoms with Crippen molar-refractivity contribution in [1.82, 2.24) is 15.3 Å². The number of rotatable bonds is 4. The zero-order valence-electron chi connectivity index (χ0n) is 13.8. The molecular formula is C19H19N3O2S. The summed E-state index contributed by atoms with van der Waals surface area (Å²) in [6.45, 7) is 1.88. The Morgan fingerprint density at radius 1 is 1.36 bits per heavy atom. The minimum atomic E-state index is -0.278. The summed E-state index contributed by atoms with van der Waals surface area (Å²) in [7, 11) is 0. The fraction of sp³-hybridized carbons (Fsp3) is 0.316. The van der Waals surface area contributed by atoms with Crippen molar-refractivity contribution >= 4 is 28.1 Å². The van der Waals surface area contributed by atoms with E-state index in [0.717, 1.165) is 21.5 Å². The molecule has 4 rings (SSSR count). The highest BCUT2D eigenvalue weighted by Gasteiger charge is 2.36. The zero-order chi connectivity index (χ0) is 17.4. The highest BCUT2D eigenvalue weighted by Crippen LogP contribution is 2.38. The standard InChI is InChI=1S/C19H19N3O2S/c1-11-21-17(10-25-11)19(24)22-18(13-7-15(23)8-13)14-6-12-4-2-3-5-16(12)20-9-14/h2-6,9-10,13,15,18,23H,7-8H2,1H3,(H,22,24). The van der Waals surface area contributed by atoms with E-state index < -0.39 is 0 Å². The Kier molecular flexibility index (Phi) is 4.23. The van der Waals surface area contributed by atoms with Gasteiger partial charge in [-0.2, -0.15) is 0 Å². The molecule has 1 amide bonds. The van der Waals surface area contributed by atoms with Crippen LogP contribution in [0.4, 0.5) is 0 Å². The van der Waals surface area contributed by atoms with Crippen LogP contribution in [0.25, 0.3) is 10.9 Å². The molecule has 1 unspecified atom stereocenters. The maximum absolute atomic E-state index is 12.6. The first kappa shape index (κ1) is 16.2. The third-order valence-electron chi connectivity index (χ3n) is 4.73. The number of amides is 1. The number of aliphatic hydroxyl groups excluding tert-OH is 1. The molecule has 1 saturated carbocycles. The van der Waals surface area contributed by atoms with E-state index in [-0.39, 0.29) is 24.0 Å². The number of nitrogens with one attached hydrogen (secondary N) is 1. The number of carbonyl (C=O) groups is 1. The van der Waals surface area contributed by atoms with Crippen molar-refractivity contribution in [3.05, 3.63) is 58.2 Å². The van der Waals surface area contributed by atoms with Gasteiger partial charge in [-0.15, -0.1) is 11.3 Å². The average Bonchev–Trinajstić information content (AvgIpc) is 3.03. The quantitative estimate of drug-likeness (QED) is 0.755. The zero-order valence-corrected chi connectivity index (χ0v) is 14.7. The summed E-state index contributed by atoms with van der Waals surface area (Å²) in [6.07, 6.45) is 2.92. The second-order valence-electron chi connectivity index (χ2n) is 6.55. The van der Waals surface area contributed by atoms with Gasteiger partial charge in [-0.1, -0.05) is 18.2 Å². The van der Waals surface area contributed by atoms with Gasteiger partial charge in [0, 0.05) is 17.0 Å². The largest absolute Gasteiger partial charge is 0.393 e. The predicted molar refractivity (Wildman–Crippen MR) is 97.5 cm³/mol. The molecule has 1 aromatic carbocycles. The molecule has 0 aliphatic heterocycles. The maximum Gasteiger partial charge on any atom is 0.271 e. The molecule has 3 aromatic rings. The number of thiazole rings is 1. The van der Waals surface area contributed by atoms with E-state index in [1.165, 1.54) is 11.3 Å². The van der Waals surface area contributed by atoms with Gasteiger partial charge in [-0.25, -0.2) is 4.98 Å². The van der Waals surface area contributed by atoms with Crippen molar-refractivity contribution in [1.29, 1.82) is 0 Å². The van der Waals surface area contributed by atoms with Gasteiger partial charge in [0.05, 0.1) is 22.7 Å². The lowest BCUT2D eigenvalue weighted by Gasteiger charge is -2.38. The molecule has 0 radical (unpaired) electrons. The third kappa shape index (κ3) is 3.27. The summed E-state index contributed by atoms with van der Waals surface area (Å²) in [6, 6.07) is 9.83. The van der Waals surface area contributed by atoms with Crippen LogP contribution < -0.4 is 5.32 Å². The molecule has 25 heavy (non-hydrogen) atoms. The Labute approximate surface area is 149 Å². The van der Waals surface area contributed by atoms with Crippen LogP contribution in [0.5, 0.6) is 0 Å². The second-order valence-corrected chi connectivity index (χ2v) is 7.61. The van der Waals surface area contributed by atoms with Gasteiger partial charge >= 0.3 is 0 Å². The third-order valence-corrected chi connectivity index (χ3v) is 5.50. The van der Waals surface area contributed by atoms with Crippen LogP contribution in [-0.2, 0) is 0 Å². The molecule has 1 atom stereocenters. The second kappa shape index (κ2) is 6.54. The summed E-state index contributed by atoms with van der Waals surface area (Å²) in [5, 5.41) is 16.5. The Morgan fingerprint density at radius 3 is 2.88 bits per heavy atom. The minimum absolute atomic E-state index is 0.171. The molecule has 1 aliphatic carbocycles. The number of nitrogens with zero attached hydrogens (tertiary/aromatic N) is 2. The van der Waals surface area contributed by atoms with Crippen LogP contribution in [-0.4, -0.2) is 27.1 Å². The van der Waals surface area contributed by atoms with Crippen LogP contribution in [0.3, 0.4) is 0 Å². The van der Waals surface area contributed by atoms with Gasteiger partial charge in [0.15, 0.2) is 0 Å². The molecule has 2 heterocycles. The van der Waals surface area contributed by atoms with Crippen LogP contribution in [0.1, 0.15) is 39.9 Å². The predicted octanol–water partition coefficient (Wildman–Crippen LogP) is 3.24. The summed E-state index contributed by atoms with van der Waals surface area (Å²) >= 11 is 1.46. The number of carbonyl (C=O) groups excluding carboxylic acids is 1. The molecule has 128 valence electrons. The molecule has 1 aliphatic rings. The monoisotopic (exact) mass is 353 g/mol. The SMILES string of the molecule is Cc1nc(C(=O)NC(c2cnc3ccccc3c2)C2CC(O)C2)cs1. The molecule has 1 fully saturated rings. The van der Waals surface area contributed by atoms with E-state index in [2.05, 4.69) is 21.4 Å². The van der Waals surface area contributed by atoms with E-state index in [4.69, 9.17) is 0 Å². The first-order valence-electron chi connectivity index (χ1n) is 8.36. The number of para-hydroxylation sites is 1. The van der Waals surface area contributed by atoms with Crippen molar-refractivity contribution in [2.24, 2.45) is 5.92 Å². The molecule has 2 N–H and O–H groups in total. The van der Waals surface area contributed by atoms with Gasteiger partial charge in [-0.3, -0.25) is 9.78 Å². The topological polar surface area (TPSA) is 75.1 Å². The summed E-state index contributed by atoms with van der Waals surface area (Å²) < 4.78 is 0. The van der Waals surface area contributed by atoms with Crippen molar-refractivity contribution in [2.45, 2.75) is 31.9 Å². The molecular weight excluding hydrogens is 334 g/mol. The van der Waals surface area contributed by atoms with Gasteiger partial charge in [0.2, 0.25) is 0 Å². The first-order chi connectivity index (χ1) is 12.1. The Balaban J connectivity index is 1.64. The highest BCUT2D eigenvalue weighted by molar-refractivity contribution is 7.09. The molecule has 6 heteroatoms. The van der Waals surface area contributed by atoms with E-state index in [1.54, 1.807) is 5.38 Å². The minimum Gasteiger partial charge on any atom is -0.393 e. The van der Waals surface area contributed by atoms with Crippen molar-refractivity contribution in [2.75, 3.05) is 0 Å². The molecule has 0 spiro atoms. The Bertz CT molecular complexity index is 918. The number of aryl methyl sites for hydroxylation is 1. The number of aliphatic hydroxyl groups is 1. The van der Waals surface area contributed by atoms with Crippen LogP contribution in [0, 0.1) is 12.8 Å². The normalized spacial score (nSPS) is 20.9. The van der Waals surface area contributed by atoms with Crippen LogP contribution in [0.15, 0.2) is 41.9 Å². The first-order valence-corrected chi connectivity index (χ1v) is 9.24. The van der Waals surface area contributed by atoms with Crippen molar-refractivity contribution < 1.29 is 9.90 Å². The van der Waals surface area contributed by atoms with Gasteiger partial charge in [0.25, 0.3) is 5.91 Å². The van der Waals surface area contributed by atoms with Crippen LogP contribution in [0.2, 0.25) is 0 Å². The molecule has 2 aromatic heterocycles. The summed E-state index contributed by atoms with van der Waals surface area (Å²) in [4.78, 5) is 21.4. The summed E-state index contributed by atoms with van der Waals surface area (Å²) in [5.41, 5.74) is 2.34. The maximum atomic E-state index is 12.6. The van der Waals surface area contributed by atoms with E-state index >= 15 is 0 Å². The smallest absolute Gasteiger partial charge is 0.271 e. The lowest BCUT2D eigenvalue weighted by Crippen LogP contribution is -2.41. The molecule has 0 bridgehead atoms.